The molecule has 0 aromatic heterocycles. The molecule has 9 heteroatoms. The summed E-state index contributed by atoms with van der Waals surface area (Å²) in [4.78, 5) is 23.2. The first-order valence-electron chi connectivity index (χ1n) is 10.9. The zero-order valence-electron chi connectivity index (χ0n) is 18.9. The first-order chi connectivity index (χ1) is 16.9. The standard InChI is InChI=1S/C26H23NO8/c1-2-33-25-11-17(3-9-23(29)18-5-7-22(28)8-6-18)4-10-24(25)34-15-20-13-21(27(30)31)12-19-14-32-16-35-26(19)20/h3-13,28H,2,14-16H2,1H3. The molecule has 3 aromatic rings. The normalized spacial score (nSPS) is 12.6. The number of aromatic hydroxyl groups is 1. The number of nitro benzene ring substituents is 1. The Morgan fingerprint density at radius 1 is 1.11 bits per heavy atom. The minimum Gasteiger partial charge on any atom is -0.508 e. The number of carbonyl (C=O) groups is 1. The van der Waals surface area contributed by atoms with Crippen molar-refractivity contribution in [2.75, 3.05) is 13.4 Å². The summed E-state index contributed by atoms with van der Waals surface area (Å²) >= 11 is 0. The van der Waals surface area contributed by atoms with Crippen molar-refractivity contribution in [3.8, 4) is 23.0 Å². The fourth-order valence-corrected chi connectivity index (χ4v) is 3.56. The summed E-state index contributed by atoms with van der Waals surface area (Å²) in [5, 5.41) is 20.7. The number of non-ortho nitro benzene ring substituents is 1. The Morgan fingerprint density at radius 2 is 1.91 bits per heavy atom. The van der Waals surface area contributed by atoms with Gasteiger partial charge < -0.3 is 24.1 Å². The summed E-state index contributed by atoms with van der Waals surface area (Å²) in [6, 6.07) is 14.1. The van der Waals surface area contributed by atoms with Crippen LogP contribution in [-0.2, 0) is 18.0 Å². The van der Waals surface area contributed by atoms with Crippen LogP contribution >= 0.6 is 0 Å². The van der Waals surface area contributed by atoms with E-state index in [2.05, 4.69) is 0 Å². The van der Waals surface area contributed by atoms with E-state index in [0.29, 0.717) is 40.5 Å². The lowest BCUT2D eigenvalue weighted by molar-refractivity contribution is -0.385. The van der Waals surface area contributed by atoms with E-state index in [1.54, 1.807) is 36.4 Å². The van der Waals surface area contributed by atoms with Gasteiger partial charge in [0.25, 0.3) is 5.69 Å². The second kappa shape index (κ2) is 10.7. The van der Waals surface area contributed by atoms with Crippen LogP contribution in [0.5, 0.6) is 23.0 Å². The highest BCUT2D eigenvalue weighted by atomic mass is 16.7. The summed E-state index contributed by atoms with van der Waals surface area (Å²) in [6.45, 7) is 2.54. The van der Waals surface area contributed by atoms with Gasteiger partial charge >= 0.3 is 0 Å². The molecule has 9 nitrogen and oxygen atoms in total. The van der Waals surface area contributed by atoms with E-state index < -0.39 is 4.92 Å². The number of fused-ring (bicyclic) bond motifs is 1. The molecule has 0 amide bonds. The molecule has 0 unspecified atom stereocenters. The average molecular weight is 477 g/mol. The number of rotatable bonds is 9. The third-order valence-corrected chi connectivity index (χ3v) is 5.21. The van der Waals surface area contributed by atoms with Gasteiger partial charge in [0, 0.05) is 28.8 Å². The molecular weight excluding hydrogens is 454 g/mol. The smallest absolute Gasteiger partial charge is 0.270 e. The van der Waals surface area contributed by atoms with Gasteiger partial charge in [0.2, 0.25) is 0 Å². The number of nitrogens with zero attached hydrogens (tertiary/aromatic N) is 1. The van der Waals surface area contributed by atoms with Crippen LogP contribution in [0.1, 0.15) is 34.0 Å². The summed E-state index contributed by atoms with van der Waals surface area (Å²) in [5.74, 6) is 1.32. The quantitative estimate of drug-likeness (QED) is 0.197. The molecular formula is C26H23NO8. The van der Waals surface area contributed by atoms with Crippen LogP contribution in [0.2, 0.25) is 0 Å². The fourth-order valence-electron chi connectivity index (χ4n) is 3.56. The van der Waals surface area contributed by atoms with Crippen molar-refractivity contribution in [1.29, 1.82) is 0 Å². The minimum atomic E-state index is -0.468. The van der Waals surface area contributed by atoms with Gasteiger partial charge in [0.05, 0.1) is 18.1 Å². The average Bonchev–Trinajstić information content (AvgIpc) is 2.87. The zero-order valence-corrected chi connectivity index (χ0v) is 18.9. The molecule has 0 spiro atoms. The lowest BCUT2D eigenvalue weighted by Crippen LogP contribution is -2.14. The predicted molar refractivity (Wildman–Crippen MR) is 127 cm³/mol. The molecule has 0 bridgehead atoms. The Kier molecular flexibility index (Phi) is 7.27. The highest BCUT2D eigenvalue weighted by Gasteiger charge is 2.21. The first-order valence-corrected chi connectivity index (χ1v) is 10.9. The predicted octanol–water partition coefficient (Wildman–Crippen LogP) is 5.04. The Labute approximate surface area is 201 Å². The van der Waals surface area contributed by atoms with Crippen molar-refractivity contribution in [2.45, 2.75) is 20.1 Å². The maximum atomic E-state index is 12.4. The molecule has 0 radical (unpaired) electrons. The number of benzene rings is 3. The number of phenols is 1. The molecule has 0 fully saturated rings. The molecule has 35 heavy (non-hydrogen) atoms. The highest BCUT2D eigenvalue weighted by molar-refractivity contribution is 6.06. The van der Waals surface area contributed by atoms with Gasteiger partial charge in [-0.05, 0) is 55.0 Å². The van der Waals surface area contributed by atoms with Gasteiger partial charge in [-0.3, -0.25) is 14.9 Å². The topological polar surface area (TPSA) is 117 Å². The Hall–Kier alpha value is -4.37. The fraction of sp³-hybridized carbons (Fsp3) is 0.192. The molecule has 1 N–H and O–H groups in total. The molecule has 1 aliphatic heterocycles. The van der Waals surface area contributed by atoms with E-state index in [1.807, 2.05) is 6.92 Å². The Balaban J connectivity index is 1.53. The van der Waals surface area contributed by atoms with Crippen molar-refractivity contribution in [2.24, 2.45) is 0 Å². The van der Waals surface area contributed by atoms with E-state index in [1.165, 1.54) is 30.3 Å². The van der Waals surface area contributed by atoms with Crippen LogP contribution in [0.3, 0.4) is 0 Å². The summed E-state index contributed by atoms with van der Waals surface area (Å²) in [5.41, 5.74) is 2.23. The van der Waals surface area contributed by atoms with E-state index >= 15 is 0 Å². The molecule has 0 aliphatic carbocycles. The number of hydrogen-bond donors (Lipinski definition) is 1. The van der Waals surface area contributed by atoms with Crippen molar-refractivity contribution in [3.63, 3.8) is 0 Å². The number of hydrogen-bond acceptors (Lipinski definition) is 8. The number of nitro groups is 1. The van der Waals surface area contributed by atoms with Crippen molar-refractivity contribution in [1.82, 2.24) is 0 Å². The number of allylic oxidation sites excluding steroid dienone is 1. The first kappa shape index (κ1) is 23.8. The van der Waals surface area contributed by atoms with Crippen LogP contribution < -0.4 is 14.2 Å². The van der Waals surface area contributed by atoms with Crippen molar-refractivity contribution < 1.29 is 33.8 Å². The second-order valence-corrected chi connectivity index (χ2v) is 7.63. The minimum absolute atomic E-state index is 0.0264. The van der Waals surface area contributed by atoms with Gasteiger partial charge in [-0.15, -0.1) is 0 Å². The van der Waals surface area contributed by atoms with E-state index in [-0.39, 0.29) is 37.2 Å². The van der Waals surface area contributed by atoms with Gasteiger partial charge in [-0.1, -0.05) is 12.1 Å². The Morgan fingerprint density at radius 3 is 2.66 bits per heavy atom. The maximum absolute atomic E-state index is 12.4. The van der Waals surface area contributed by atoms with Crippen LogP contribution in [-0.4, -0.2) is 29.2 Å². The number of ketones is 1. The van der Waals surface area contributed by atoms with Gasteiger partial charge in [-0.2, -0.15) is 0 Å². The lowest BCUT2D eigenvalue weighted by atomic mass is 10.1. The SMILES string of the molecule is CCOc1cc(C=CC(=O)c2ccc(O)cc2)ccc1OCc1cc([N+](=O)[O-])cc2c1OCOC2. The van der Waals surface area contributed by atoms with E-state index in [4.69, 9.17) is 18.9 Å². The van der Waals surface area contributed by atoms with Crippen molar-refractivity contribution in [3.05, 3.63) is 93.0 Å². The van der Waals surface area contributed by atoms with Gasteiger partial charge in [0.1, 0.15) is 18.1 Å². The summed E-state index contributed by atoms with van der Waals surface area (Å²) < 4.78 is 22.5. The van der Waals surface area contributed by atoms with Gasteiger partial charge in [0.15, 0.2) is 24.1 Å². The molecule has 4 rings (SSSR count). The number of carbonyl (C=O) groups excluding carboxylic acids is 1. The van der Waals surface area contributed by atoms with E-state index in [9.17, 15) is 20.0 Å². The summed E-state index contributed by atoms with van der Waals surface area (Å²) in [7, 11) is 0. The largest absolute Gasteiger partial charge is 0.508 e. The van der Waals surface area contributed by atoms with Crippen molar-refractivity contribution >= 4 is 17.5 Å². The maximum Gasteiger partial charge on any atom is 0.270 e. The summed E-state index contributed by atoms with van der Waals surface area (Å²) in [6.07, 6.45) is 3.10. The third kappa shape index (κ3) is 5.77. The highest BCUT2D eigenvalue weighted by Crippen LogP contribution is 2.35. The monoisotopic (exact) mass is 477 g/mol. The third-order valence-electron chi connectivity index (χ3n) is 5.21. The number of phenolic OH excluding ortho intramolecular Hbond substituents is 1. The molecule has 180 valence electrons. The van der Waals surface area contributed by atoms with Crippen LogP contribution in [0.15, 0.2) is 60.7 Å². The van der Waals surface area contributed by atoms with Crippen LogP contribution in [0, 0.1) is 10.1 Å². The molecule has 0 saturated carbocycles. The Bertz CT molecular complexity index is 1270. The molecule has 0 atom stereocenters. The van der Waals surface area contributed by atoms with Gasteiger partial charge in [-0.25, -0.2) is 0 Å². The van der Waals surface area contributed by atoms with Crippen LogP contribution in [0.4, 0.5) is 5.69 Å². The number of ether oxygens (including phenoxy) is 4. The van der Waals surface area contributed by atoms with E-state index in [0.717, 1.165) is 5.56 Å². The molecule has 1 aliphatic rings. The molecule has 0 saturated heterocycles. The zero-order chi connectivity index (χ0) is 24.8. The molecule has 1 heterocycles. The van der Waals surface area contributed by atoms with Crippen LogP contribution in [0.25, 0.3) is 6.08 Å². The lowest BCUT2D eigenvalue weighted by Gasteiger charge is -2.21. The second-order valence-electron chi connectivity index (χ2n) is 7.63. The molecule has 3 aromatic carbocycles.